The molecule has 7 nitrogen and oxygen atoms in total. The summed E-state index contributed by atoms with van der Waals surface area (Å²) < 4.78 is 17.9. The Morgan fingerprint density at radius 3 is 2.54 bits per heavy atom. The highest BCUT2D eigenvalue weighted by molar-refractivity contribution is 7.15. The zero-order valence-electron chi connectivity index (χ0n) is 15.5. The molecule has 0 bridgehead atoms. The summed E-state index contributed by atoms with van der Waals surface area (Å²) in [6.45, 7) is 0. The quantitative estimate of drug-likeness (QED) is 0.517. The number of hydrogen-bond acceptors (Lipinski definition) is 7. The number of rotatable bonds is 5. The molecule has 8 heteroatoms. The van der Waals surface area contributed by atoms with E-state index in [9.17, 15) is 4.79 Å². The van der Waals surface area contributed by atoms with E-state index in [0.717, 1.165) is 11.3 Å². The lowest BCUT2D eigenvalue weighted by molar-refractivity contribution is 0.355. The second-order valence-electron chi connectivity index (χ2n) is 5.90. The largest absolute Gasteiger partial charge is 0.497 e. The Labute approximate surface area is 164 Å². The van der Waals surface area contributed by atoms with Crippen LogP contribution in [0.3, 0.4) is 0 Å². The standard InChI is InChI=1S/C20H17N3O4S/c1-25-14-6-4-5-12(9-14)10-17-19(24)23-18(21-22-20(23)28-17)13-7-8-15(26-2)16(11-13)27-3/h4-11H,1-3H3/b17-10-. The predicted molar refractivity (Wildman–Crippen MR) is 107 cm³/mol. The van der Waals surface area contributed by atoms with Crippen LogP contribution in [0, 0.1) is 0 Å². The van der Waals surface area contributed by atoms with Crippen molar-refractivity contribution in [1.82, 2.24) is 14.6 Å². The highest BCUT2D eigenvalue weighted by atomic mass is 32.1. The number of nitrogens with zero attached hydrogens (tertiary/aromatic N) is 3. The molecular weight excluding hydrogens is 378 g/mol. The van der Waals surface area contributed by atoms with Gasteiger partial charge in [0.2, 0.25) is 4.96 Å². The minimum absolute atomic E-state index is 0.169. The van der Waals surface area contributed by atoms with Gasteiger partial charge < -0.3 is 14.2 Å². The van der Waals surface area contributed by atoms with E-state index in [1.165, 1.54) is 15.7 Å². The molecule has 28 heavy (non-hydrogen) atoms. The molecule has 2 heterocycles. The van der Waals surface area contributed by atoms with Gasteiger partial charge in [-0.3, -0.25) is 4.79 Å². The van der Waals surface area contributed by atoms with Crippen molar-refractivity contribution in [3.8, 4) is 28.6 Å². The number of hydrogen-bond donors (Lipinski definition) is 0. The van der Waals surface area contributed by atoms with E-state index in [-0.39, 0.29) is 5.56 Å². The van der Waals surface area contributed by atoms with Crippen molar-refractivity contribution in [1.29, 1.82) is 0 Å². The summed E-state index contributed by atoms with van der Waals surface area (Å²) in [5, 5.41) is 8.35. The van der Waals surface area contributed by atoms with Gasteiger partial charge in [-0.25, -0.2) is 4.40 Å². The Bertz CT molecular complexity index is 1260. The van der Waals surface area contributed by atoms with Gasteiger partial charge in [-0.15, -0.1) is 10.2 Å². The summed E-state index contributed by atoms with van der Waals surface area (Å²) in [6.07, 6.45) is 1.82. The van der Waals surface area contributed by atoms with Gasteiger partial charge in [0.25, 0.3) is 5.56 Å². The fraction of sp³-hybridized carbons (Fsp3) is 0.150. The first-order valence-corrected chi connectivity index (χ1v) is 9.22. The van der Waals surface area contributed by atoms with Crippen LogP contribution in [0.5, 0.6) is 17.2 Å². The summed E-state index contributed by atoms with van der Waals surface area (Å²) in [7, 11) is 4.74. The van der Waals surface area contributed by atoms with E-state index in [2.05, 4.69) is 10.2 Å². The van der Waals surface area contributed by atoms with E-state index < -0.39 is 0 Å². The predicted octanol–water partition coefficient (Wildman–Crippen LogP) is 2.39. The van der Waals surface area contributed by atoms with E-state index in [1.54, 1.807) is 33.5 Å². The molecule has 2 aromatic heterocycles. The number of benzene rings is 2. The number of thiazole rings is 1. The number of ether oxygens (including phenoxy) is 3. The van der Waals surface area contributed by atoms with Gasteiger partial charge in [0.05, 0.1) is 25.9 Å². The number of methoxy groups -OCH3 is 3. The van der Waals surface area contributed by atoms with Crippen LogP contribution in [0.25, 0.3) is 22.4 Å². The number of aromatic nitrogens is 3. The van der Waals surface area contributed by atoms with Crippen molar-refractivity contribution >= 4 is 22.4 Å². The van der Waals surface area contributed by atoms with Crippen molar-refractivity contribution in [3.05, 3.63) is 62.9 Å². The molecule has 0 aliphatic carbocycles. The maximum atomic E-state index is 13.0. The third-order valence-corrected chi connectivity index (χ3v) is 5.24. The molecule has 0 N–H and O–H groups in total. The SMILES string of the molecule is COc1cccc(/C=c2\sc3nnc(-c4ccc(OC)c(OC)c4)n3c2=O)c1. The van der Waals surface area contributed by atoms with Crippen LogP contribution in [-0.2, 0) is 0 Å². The van der Waals surface area contributed by atoms with E-state index >= 15 is 0 Å². The van der Waals surface area contributed by atoms with Crippen molar-refractivity contribution in [3.63, 3.8) is 0 Å². The van der Waals surface area contributed by atoms with E-state index in [0.29, 0.717) is 32.4 Å². The lowest BCUT2D eigenvalue weighted by Gasteiger charge is -2.08. The molecule has 0 saturated heterocycles. The van der Waals surface area contributed by atoms with Crippen LogP contribution in [0.4, 0.5) is 0 Å². The van der Waals surface area contributed by atoms with Gasteiger partial charge in [0, 0.05) is 5.56 Å². The van der Waals surface area contributed by atoms with Gasteiger partial charge in [-0.1, -0.05) is 23.5 Å². The summed E-state index contributed by atoms with van der Waals surface area (Å²) in [4.78, 5) is 13.5. The molecule has 0 amide bonds. The molecule has 0 radical (unpaired) electrons. The Kier molecular flexibility index (Phi) is 4.70. The van der Waals surface area contributed by atoms with E-state index in [4.69, 9.17) is 14.2 Å². The minimum atomic E-state index is -0.169. The molecule has 0 unspecified atom stereocenters. The van der Waals surface area contributed by atoms with Crippen molar-refractivity contribution in [2.45, 2.75) is 0 Å². The zero-order chi connectivity index (χ0) is 19.7. The maximum absolute atomic E-state index is 13.0. The molecule has 2 aromatic carbocycles. The summed E-state index contributed by atoms with van der Waals surface area (Å²) >= 11 is 1.29. The molecule has 0 aliphatic rings. The second-order valence-corrected chi connectivity index (χ2v) is 6.91. The average molecular weight is 395 g/mol. The average Bonchev–Trinajstić information content (AvgIpc) is 3.28. The minimum Gasteiger partial charge on any atom is -0.497 e. The smallest absolute Gasteiger partial charge is 0.276 e. The molecule has 0 atom stereocenters. The lowest BCUT2D eigenvalue weighted by atomic mass is 10.2. The monoisotopic (exact) mass is 395 g/mol. The van der Waals surface area contributed by atoms with Crippen LogP contribution in [-0.4, -0.2) is 35.9 Å². The molecule has 4 rings (SSSR count). The molecule has 0 spiro atoms. The molecule has 0 fully saturated rings. The van der Waals surface area contributed by atoms with Gasteiger partial charge >= 0.3 is 0 Å². The molecule has 0 saturated carbocycles. The molecule has 142 valence electrons. The maximum Gasteiger partial charge on any atom is 0.276 e. The van der Waals surface area contributed by atoms with Crippen LogP contribution in [0.2, 0.25) is 0 Å². The highest BCUT2D eigenvalue weighted by Gasteiger charge is 2.16. The van der Waals surface area contributed by atoms with Gasteiger partial charge in [0.15, 0.2) is 17.3 Å². The van der Waals surface area contributed by atoms with Crippen molar-refractivity contribution < 1.29 is 14.2 Å². The first-order chi connectivity index (χ1) is 13.6. The highest BCUT2D eigenvalue weighted by Crippen LogP contribution is 2.31. The number of fused-ring (bicyclic) bond motifs is 1. The van der Waals surface area contributed by atoms with Gasteiger partial charge in [0.1, 0.15) is 5.75 Å². The van der Waals surface area contributed by atoms with Gasteiger partial charge in [-0.2, -0.15) is 0 Å². The Balaban J connectivity index is 1.85. The second kappa shape index (κ2) is 7.32. The summed E-state index contributed by atoms with van der Waals surface area (Å²) in [5.41, 5.74) is 1.42. The van der Waals surface area contributed by atoms with Crippen molar-refractivity contribution in [2.24, 2.45) is 0 Å². The Morgan fingerprint density at radius 2 is 1.79 bits per heavy atom. The van der Waals surface area contributed by atoms with E-state index in [1.807, 2.05) is 36.4 Å². The lowest BCUT2D eigenvalue weighted by Crippen LogP contribution is -2.23. The fourth-order valence-electron chi connectivity index (χ4n) is 2.91. The van der Waals surface area contributed by atoms with Gasteiger partial charge in [-0.05, 0) is 42.0 Å². The first-order valence-electron chi connectivity index (χ1n) is 8.40. The zero-order valence-corrected chi connectivity index (χ0v) is 16.3. The molecule has 0 aliphatic heterocycles. The topological polar surface area (TPSA) is 75.0 Å². The van der Waals surface area contributed by atoms with Crippen LogP contribution in [0.15, 0.2) is 47.3 Å². The normalized spacial score (nSPS) is 11.8. The Morgan fingerprint density at radius 1 is 0.964 bits per heavy atom. The van der Waals surface area contributed by atoms with Crippen LogP contribution >= 0.6 is 11.3 Å². The first kappa shape index (κ1) is 18.0. The van der Waals surface area contributed by atoms with Crippen LogP contribution in [0.1, 0.15) is 5.56 Å². The Hall–Kier alpha value is -3.39. The fourth-order valence-corrected chi connectivity index (χ4v) is 3.82. The third-order valence-electron chi connectivity index (χ3n) is 4.28. The third kappa shape index (κ3) is 3.07. The molecule has 4 aromatic rings. The molecular formula is C20H17N3O4S. The summed E-state index contributed by atoms with van der Waals surface area (Å²) in [6, 6.07) is 12.9. The van der Waals surface area contributed by atoms with Crippen molar-refractivity contribution in [2.75, 3.05) is 21.3 Å². The summed E-state index contributed by atoms with van der Waals surface area (Å²) in [5.74, 6) is 2.35. The van der Waals surface area contributed by atoms with Crippen LogP contribution < -0.4 is 24.3 Å².